The fourth-order valence-electron chi connectivity index (χ4n) is 4.85. The number of rotatable bonds is 4. The monoisotopic (exact) mass is 502 g/mol. The molecule has 4 rings (SSSR count). The van der Waals surface area contributed by atoms with Gasteiger partial charge in [-0.25, -0.2) is 4.39 Å². The zero-order chi connectivity index (χ0) is 26.0. The lowest BCUT2D eigenvalue weighted by molar-refractivity contribution is 0.0593. The molecule has 0 N–H and O–H groups in total. The van der Waals surface area contributed by atoms with E-state index in [9.17, 15) is 14.0 Å². The Balaban J connectivity index is 1.70. The normalized spacial score (nSPS) is 17.5. The molecule has 0 radical (unpaired) electrons. The van der Waals surface area contributed by atoms with E-state index >= 15 is 0 Å². The second-order valence-electron chi connectivity index (χ2n) is 9.43. The Hall–Kier alpha value is -3.67. The summed E-state index contributed by atoms with van der Waals surface area (Å²) >= 11 is 0. The Labute approximate surface area is 218 Å². The summed E-state index contributed by atoms with van der Waals surface area (Å²) in [7, 11) is 0. The number of carbonyl (C=O) groups excluding carboxylic acids is 2. The Morgan fingerprint density at radius 3 is 2.32 bits per heavy atom. The van der Waals surface area contributed by atoms with Gasteiger partial charge in [-0.2, -0.15) is 0 Å². The van der Waals surface area contributed by atoms with Crippen LogP contribution in [0.1, 0.15) is 58.9 Å². The minimum absolute atomic E-state index is 0.0472. The topological polar surface area (TPSA) is 49.9 Å². The van der Waals surface area contributed by atoms with Crippen molar-refractivity contribution in [1.82, 2.24) is 9.80 Å². The molecule has 1 aliphatic rings. The summed E-state index contributed by atoms with van der Waals surface area (Å²) in [5.74, 6) is -0.411. The third kappa shape index (κ3) is 6.76. The van der Waals surface area contributed by atoms with Crippen molar-refractivity contribution < 1.29 is 18.7 Å². The lowest BCUT2D eigenvalue weighted by atomic mass is 10.0. The van der Waals surface area contributed by atoms with Gasteiger partial charge in [-0.1, -0.05) is 67.4 Å². The number of hydrogen-bond donors (Lipinski definition) is 0. The van der Waals surface area contributed by atoms with Crippen molar-refractivity contribution >= 4 is 11.8 Å². The van der Waals surface area contributed by atoms with Crippen molar-refractivity contribution in [2.75, 3.05) is 26.2 Å². The summed E-state index contributed by atoms with van der Waals surface area (Å²) in [6, 6.07) is 23.0. The third-order valence-electron chi connectivity index (χ3n) is 6.91. The molecule has 3 aromatic rings. The molecule has 5 nitrogen and oxygen atoms in total. The van der Waals surface area contributed by atoms with Gasteiger partial charge in [-0.05, 0) is 56.0 Å². The van der Waals surface area contributed by atoms with Crippen molar-refractivity contribution in [2.24, 2.45) is 0 Å². The molecule has 1 heterocycles. The van der Waals surface area contributed by atoms with Gasteiger partial charge < -0.3 is 14.5 Å². The van der Waals surface area contributed by atoms with Gasteiger partial charge in [0.15, 0.2) is 0 Å². The van der Waals surface area contributed by atoms with Gasteiger partial charge >= 0.3 is 0 Å². The molecule has 3 aromatic carbocycles. The molecule has 0 saturated heterocycles. The van der Waals surface area contributed by atoms with Crippen molar-refractivity contribution in [2.45, 2.75) is 45.1 Å². The molecule has 2 amide bonds. The summed E-state index contributed by atoms with van der Waals surface area (Å²) in [5.41, 5.74) is 1.65. The smallest absolute Gasteiger partial charge is 0.257 e. The van der Waals surface area contributed by atoms with Gasteiger partial charge in [0.2, 0.25) is 0 Å². The first-order valence-corrected chi connectivity index (χ1v) is 13.2. The number of benzene rings is 3. The van der Waals surface area contributed by atoms with Crippen molar-refractivity contribution in [3.05, 3.63) is 101 Å². The van der Waals surface area contributed by atoms with E-state index in [0.29, 0.717) is 37.4 Å². The Morgan fingerprint density at radius 2 is 1.57 bits per heavy atom. The van der Waals surface area contributed by atoms with Gasteiger partial charge in [0.1, 0.15) is 18.2 Å². The quantitative estimate of drug-likeness (QED) is 0.440. The third-order valence-corrected chi connectivity index (χ3v) is 6.91. The first-order valence-electron chi connectivity index (χ1n) is 13.2. The number of halogens is 1. The molecule has 0 aromatic heterocycles. The molecule has 0 aliphatic carbocycles. The van der Waals surface area contributed by atoms with Gasteiger partial charge in [-0.3, -0.25) is 9.59 Å². The maximum atomic E-state index is 14.7. The van der Waals surface area contributed by atoms with Crippen LogP contribution in [0.4, 0.5) is 4.39 Å². The van der Waals surface area contributed by atoms with Crippen LogP contribution in [0, 0.1) is 5.82 Å². The minimum Gasteiger partial charge on any atom is -0.491 e. The fraction of sp³-hybridized carbons (Fsp3) is 0.355. The summed E-state index contributed by atoms with van der Waals surface area (Å²) < 4.78 is 21.0. The lowest BCUT2D eigenvalue weighted by Crippen LogP contribution is -2.46. The zero-order valence-corrected chi connectivity index (χ0v) is 21.4. The number of amides is 2. The van der Waals surface area contributed by atoms with Gasteiger partial charge in [-0.15, -0.1) is 0 Å². The first kappa shape index (κ1) is 26.4. The van der Waals surface area contributed by atoms with E-state index in [1.54, 1.807) is 29.2 Å². The van der Waals surface area contributed by atoms with Gasteiger partial charge in [0, 0.05) is 19.6 Å². The molecule has 0 fully saturated rings. The number of fused-ring (bicyclic) bond motifs is 1. The molecular weight excluding hydrogens is 467 g/mol. The van der Waals surface area contributed by atoms with E-state index in [1.807, 2.05) is 54.3 Å². The number of nitrogens with zero attached hydrogens (tertiary/aromatic N) is 2. The van der Waals surface area contributed by atoms with E-state index < -0.39 is 5.82 Å². The highest BCUT2D eigenvalue weighted by Gasteiger charge is 2.28. The number of hydrogen-bond acceptors (Lipinski definition) is 3. The maximum Gasteiger partial charge on any atom is 0.257 e. The summed E-state index contributed by atoms with van der Waals surface area (Å²) in [5, 5.41) is 0. The standard InChI is InChI=1S/C31H35FN2O3/c1-2-33-20-12-3-4-13-21-34(31(36)26-16-8-10-18-28(26)32)25(22-24-14-6-5-7-15-24)23-37-29-19-11-9-17-27(29)30(33)35/h5-11,14-19,25H,2-4,12-13,20-23H2,1H3/t25-/m1/s1. The van der Waals surface area contributed by atoms with Crippen molar-refractivity contribution in [3.8, 4) is 5.75 Å². The predicted octanol–water partition coefficient (Wildman–Crippen LogP) is 5.99. The van der Waals surface area contributed by atoms with Gasteiger partial charge in [0.25, 0.3) is 11.8 Å². The highest BCUT2D eigenvalue weighted by molar-refractivity contribution is 5.97. The van der Waals surface area contributed by atoms with Gasteiger partial charge in [0.05, 0.1) is 17.2 Å². The first-order chi connectivity index (χ1) is 18.1. The molecule has 1 atom stereocenters. The highest BCUT2D eigenvalue weighted by atomic mass is 19.1. The molecular formula is C31H35FN2O3. The van der Waals surface area contributed by atoms with Crippen LogP contribution in [0.5, 0.6) is 5.75 Å². The van der Waals surface area contributed by atoms with Crippen LogP contribution in [0.2, 0.25) is 0 Å². The molecule has 0 spiro atoms. The van der Waals surface area contributed by atoms with Crippen LogP contribution < -0.4 is 4.74 Å². The summed E-state index contributed by atoms with van der Waals surface area (Å²) in [6.45, 7) is 4.00. The second-order valence-corrected chi connectivity index (χ2v) is 9.43. The molecule has 194 valence electrons. The summed E-state index contributed by atoms with van der Waals surface area (Å²) in [4.78, 5) is 30.7. The lowest BCUT2D eigenvalue weighted by Gasteiger charge is -2.33. The number of carbonyl (C=O) groups is 2. The molecule has 0 saturated carbocycles. The van der Waals surface area contributed by atoms with Crippen molar-refractivity contribution in [1.29, 1.82) is 0 Å². The number of para-hydroxylation sites is 1. The van der Waals surface area contributed by atoms with E-state index in [-0.39, 0.29) is 30.0 Å². The fourth-order valence-corrected chi connectivity index (χ4v) is 4.85. The van der Waals surface area contributed by atoms with Crippen molar-refractivity contribution in [3.63, 3.8) is 0 Å². The van der Waals surface area contributed by atoms with Crippen LogP contribution in [0.3, 0.4) is 0 Å². The Morgan fingerprint density at radius 1 is 0.892 bits per heavy atom. The summed E-state index contributed by atoms with van der Waals surface area (Å²) in [6.07, 6.45) is 4.10. The van der Waals surface area contributed by atoms with E-state index in [0.717, 1.165) is 31.2 Å². The van der Waals surface area contributed by atoms with E-state index in [4.69, 9.17) is 4.74 Å². The average molecular weight is 503 g/mol. The highest BCUT2D eigenvalue weighted by Crippen LogP contribution is 2.24. The van der Waals surface area contributed by atoms with E-state index in [2.05, 4.69) is 0 Å². The molecule has 0 unspecified atom stereocenters. The Bertz CT molecular complexity index is 1180. The van der Waals surface area contributed by atoms with Crippen LogP contribution in [0.25, 0.3) is 0 Å². The maximum absolute atomic E-state index is 14.7. The molecule has 0 bridgehead atoms. The van der Waals surface area contributed by atoms with Crippen LogP contribution in [0.15, 0.2) is 78.9 Å². The molecule has 1 aliphatic heterocycles. The molecule has 37 heavy (non-hydrogen) atoms. The van der Waals surface area contributed by atoms with E-state index in [1.165, 1.54) is 12.1 Å². The second kappa shape index (κ2) is 13.0. The van der Waals surface area contributed by atoms with Crippen LogP contribution in [-0.2, 0) is 6.42 Å². The van der Waals surface area contributed by atoms with Crippen LogP contribution >= 0.6 is 0 Å². The minimum atomic E-state index is -0.526. The Kier molecular flexibility index (Phi) is 9.30. The molecule has 6 heteroatoms. The predicted molar refractivity (Wildman–Crippen MR) is 143 cm³/mol. The zero-order valence-electron chi connectivity index (χ0n) is 21.4. The SMILES string of the molecule is CCN1CCCCCCN(C(=O)c2ccccc2F)[C@H](Cc2ccccc2)COc2ccccc2C1=O. The van der Waals surface area contributed by atoms with Crippen LogP contribution in [-0.4, -0.2) is 53.9 Å². The average Bonchev–Trinajstić information content (AvgIpc) is 2.93. The number of ether oxygens (including phenoxy) is 1. The largest absolute Gasteiger partial charge is 0.491 e.